The summed E-state index contributed by atoms with van der Waals surface area (Å²) in [5.74, 6) is 1.04. The third-order valence-corrected chi connectivity index (χ3v) is 5.64. The summed E-state index contributed by atoms with van der Waals surface area (Å²) in [6, 6.07) is 8.40. The maximum Gasteiger partial charge on any atom is 0.251 e. The molecule has 0 radical (unpaired) electrons. The summed E-state index contributed by atoms with van der Waals surface area (Å²) in [6.45, 7) is 7.83. The Hall–Kier alpha value is -2.94. The van der Waals surface area contributed by atoms with Crippen molar-refractivity contribution in [2.75, 3.05) is 39.3 Å². The smallest absolute Gasteiger partial charge is 0.251 e. The summed E-state index contributed by atoms with van der Waals surface area (Å²) in [5.41, 5.74) is 2.32. The van der Waals surface area contributed by atoms with Gasteiger partial charge in [-0.25, -0.2) is 14.7 Å². The summed E-state index contributed by atoms with van der Waals surface area (Å²) < 4.78 is 7.37. The fourth-order valence-electron chi connectivity index (χ4n) is 4.03. The Kier molecular flexibility index (Phi) is 7.14. The molecule has 2 aromatic rings. The molecule has 9 heteroatoms. The van der Waals surface area contributed by atoms with Crippen molar-refractivity contribution in [2.24, 2.45) is 4.99 Å². The number of piperazine rings is 1. The molecule has 2 fully saturated rings. The van der Waals surface area contributed by atoms with Crippen LogP contribution >= 0.6 is 0 Å². The van der Waals surface area contributed by atoms with E-state index in [1.54, 1.807) is 12.7 Å². The second kappa shape index (κ2) is 10.4. The number of benzene rings is 1. The van der Waals surface area contributed by atoms with Crippen molar-refractivity contribution in [1.29, 1.82) is 0 Å². The molecule has 2 saturated heterocycles. The van der Waals surface area contributed by atoms with Crippen molar-refractivity contribution in [1.82, 2.24) is 29.9 Å². The van der Waals surface area contributed by atoms with Gasteiger partial charge < -0.3 is 19.9 Å². The molecule has 1 aromatic carbocycles. The molecule has 0 saturated carbocycles. The van der Waals surface area contributed by atoms with Gasteiger partial charge in [0.2, 0.25) is 0 Å². The molecule has 4 rings (SSSR count). The third kappa shape index (κ3) is 5.61. The van der Waals surface area contributed by atoms with Crippen molar-refractivity contribution < 1.29 is 9.53 Å². The molecule has 1 N–H and O–H groups in total. The van der Waals surface area contributed by atoms with Crippen molar-refractivity contribution >= 4 is 11.9 Å². The Balaban J connectivity index is 1.35. The minimum atomic E-state index is -0.238. The molecule has 3 heterocycles. The molecule has 0 spiro atoms. The maximum atomic E-state index is 12.6. The van der Waals surface area contributed by atoms with Gasteiger partial charge in [-0.1, -0.05) is 24.3 Å². The summed E-state index contributed by atoms with van der Waals surface area (Å²) in [5, 5.41) is 7.57. The predicted octanol–water partition coefficient (Wildman–Crippen LogP) is 1.12. The molecule has 9 nitrogen and oxygen atoms in total. The Labute approximate surface area is 183 Å². The highest BCUT2D eigenvalue weighted by Crippen LogP contribution is 2.16. The van der Waals surface area contributed by atoms with Crippen LogP contribution in [0.4, 0.5) is 0 Å². The predicted molar refractivity (Wildman–Crippen MR) is 118 cm³/mol. The van der Waals surface area contributed by atoms with Crippen LogP contribution in [0.2, 0.25) is 0 Å². The lowest BCUT2D eigenvalue weighted by Gasteiger charge is -2.37. The Bertz CT molecular complexity index is 870. The zero-order valence-electron chi connectivity index (χ0n) is 18.1. The number of aromatic nitrogens is 3. The van der Waals surface area contributed by atoms with Gasteiger partial charge in [0, 0.05) is 39.3 Å². The van der Waals surface area contributed by atoms with Gasteiger partial charge in [-0.3, -0.25) is 4.79 Å². The molecule has 2 aliphatic rings. The van der Waals surface area contributed by atoms with E-state index in [0.29, 0.717) is 32.8 Å². The van der Waals surface area contributed by atoms with Crippen LogP contribution in [-0.2, 0) is 22.6 Å². The monoisotopic (exact) mass is 425 g/mol. The fraction of sp³-hybridized carbons (Fsp3) is 0.545. The number of nitrogens with zero attached hydrogens (tertiary/aromatic N) is 6. The Morgan fingerprint density at radius 3 is 2.74 bits per heavy atom. The third-order valence-electron chi connectivity index (χ3n) is 5.64. The number of aliphatic imine (C=N–C) groups is 1. The van der Waals surface area contributed by atoms with Crippen LogP contribution in [0.5, 0.6) is 0 Å². The van der Waals surface area contributed by atoms with Gasteiger partial charge in [0.25, 0.3) is 5.91 Å². The van der Waals surface area contributed by atoms with Crippen molar-refractivity contribution in [3.63, 3.8) is 0 Å². The number of nitrogens with one attached hydrogen (secondary N) is 1. The lowest BCUT2D eigenvalue weighted by Crippen LogP contribution is -2.55. The van der Waals surface area contributed by atoms with Crippen LogP contribution < -0.4 is 5.32 Å². The maximum absolute atomic E-state index is 12.6. The Morgan fingerprint density at radius 1 is 1.23 bits per heavy atom. The van der Waals surface area contributed by atoms with E-state index in [1.165, 1.54) is 5.56 Å². The number of amides is 1. The minimum Gasteiger partial charge on any atom is -0.368 e. The fourth-order valence-corrected chi connectivity index (χ4v) is 4.03. The van der Waals surface area contributed by atoms with Crippen LogP contribution in [0, 0.1) is 0 Å². The van der Waals surface area contributed by atoms with Gasteiger partial charge in [-0.15, -0.1) is 0 Å². The van der Waals surface area contributed by atoms with Gasteiger partial charge >= 0.3 is 0 Å². The van der Waals surface area contributed by atoms with E-state index in [4.69, 9.17) is 9.73 Å². The molecular weight excluding hydrogens is 394 g/mol. The lowest BCUT2D eigenvalue weighted by atomic mass is 10.1. The number of hydrogen-bond donors (Lipinski definition) is 1. The summed E-state index contributed by atoms with van der Waals surface area (Å²) in [7, 11) is 0. The van der Waals surface area contributed by atoms with Crippen LogP contribution in [0.25, 0.3) is 0 Å². The van der Waals surface area contributed by atoms with Crippen LogP contribution in [0.3, 0.4) is 0 Å². The highest BCUT2D eigenvalue weighted by molar-refractivity contribution is 5.82. The first-order valence-electron chi connectivity index (χ1n) is 11.1. The average molecular weight is 426 g/mol. The molecule has 0 aliphatic carbocycles. The molecule has 1 aromatic heterocycles. The van der Waals surface area contributed by atoms with Gasteiger partial charge in [-0.05, 0) is 30.9 Å². The molecule has 1 unspecified atom stereocenters. The van der Waals surface area contributed by atoms with Crippen LogP contribution in [0.1, 0.15) is 30.9 Å². The molecule has 1 amide bonds. The standard InChI is InChI=1S/C22H31N7O2/c1-2-24-22(28-10-8-27(9-11-28)21(30)20-7-4-12-31-20)25-14-18-5-3-6-19(13-18)15-29-17-23-16-26-29/h3,5-6,13,16-17,20H,2,4,7-12,14-15H2,1H3,(H,24,25). The van der Waals surface area contributed by atoms with E-state index in [1.807, 2.05) is 9.58 Å². The Morgan fingerprint density at radius 2 is 2.03 bits per heavy atom. The number of carbonyl (C=O) groups is 1. The van der Waals surface area contributed by atoms with Crippen molar-refractivity contribution in [3.8, 4) is 0 Å². The number of carbonyl (C=O) groups excluding carboxylic acids is 1. The summed E-state index contributed by atoms with van der Waals surface area (Å²) in [4.78, 5) is 25.6. The first-order chi connectivity index (χ1) is 15.2. The topological polar surface area (TPSA) is 87.9 Å². The SMILES string of the molecule is CCNC(=NCc1cccc(Cn2cncn2)c1)N1CCN(C(=O)C2CCCO2)CC1. The van der Waals surface area contributed by atoms with E-state index < -0.39 is 0 Å². The molecule has 166 valence electrons. The number of rotatable bonds is 6. The summed E-state index contributed by atoms with van der Waals surface area (Å²) in [6.07, 6.45) is 4.85. The van der Waals surface area contributed by atoms with Gasteiger partial charge in [0.15, 0.2) is 5.96 Å². The van der Waals surface area contributed by atoms with E-state index in [2.05, 4.69) is 51.5 Å². The molecule has 1 atom stereocenters. The van der Waals surface area contributed by atoms with Gasteiger partial charge in [0.1, 0.15) is 18.8 Å². The number of ether oxygens (including phenoxy) is 1. The average Bonchev–Trinajstić information content (AvgIpc) is 3.51. The first kappa shape index (κ1) is 21.3. The van der Waals surface area contributed by atoms with E-state index >= 15 is 0 Å². The first-order valence-corrected chi connectivity index (χ1v) is 11.1. The quantitative estimate of drug-likeness (QED) is 0.551. The lowest BCUT2D eigenvalue weighted by molar-refractivity contribution is -0.142. The normalized spacial score (nSPS) is 19.6. The highest BCUT2D eigenvalue weighted by Gasteiger charge is 2.30. The second-order valence-corrected chi connectivity index (χ2v) is 7.90. The largest absolute Gasteiger partial charge is 0.368 e. The molecular formula is C22H31N7O2. The van der Waals surface area contributed by atoms with Crippen LogP contribution in [0.15, 0.2) is 41.9 Å². The number of guanidine groups is 1. The minimum absolute atomic E-state index is 0.142. The summed E-state index contributed by atoms with van der Waals surface area (Å²) >= 11 is 0. The van der Waals surface area contributed by atoms with Crippen molar-refractivity contribution in [3.05, 3.63) is 48.0 Å². The van der Waals surface area contributed by atoms with E-state index in [-0.39, 0.29) is 12.0 Å². The molecule has 0 bridgehead atoms. The second-order valence-electron chi connectivity index (χ2n) is 7.90. The number of hydrogen-bond acceptors (Lipinski definition) is 5. The van der Waals surface area contributed by atoms with E-state index in [9.17, 15) is 4.79 Å². The molecule has 2 aliphatic heterocycles. The molecule has 31 heavy (non-hydrogen) atoms. The zero-order chi connectivity index (χ0) is 21.5. The van der Waals surface area contributed by atoms with Crippen molar-refractivity contribution in [2.45, 2.75) is 39.0 Å². The highest BCUT2D eigenvalue weighted by atomic mass is 16.5. The van der Waals surface area contributed by atoms with E-state index in [0.717, 1.165) is 44.0 Å². The van der Waals surface area contributed by atoms with Gasteiger partial charge in [-0.2, -0.15) is 5.10 Å². The zero-order valence-corrected chi connectivity index (χ0v) is 18.1. The van der Waals surface area contributed by atoms with Gasteiger partial charge in [0.05, 0.1) is 13.1 Å². The van der Waals surface area contributed by atoms with Crippen LogP contribution in [-0.4, -0.2) is 81.9 Å².